The summed E-state index contributed by atoms with van der Waals surface area (Å²) in [6.07, 6.45) is 9.40. The van der Waals surface area contributed by atoms with Crippen molar-refractivity contribution in [3.05, 3.63) is 53.2 Å². The van der Waals surface area contributed by atoms with E-state index in [0.717, 1.165) is 11.9 Å². The van der Waals surface area contributed by atoms with E-state index in [-0.39, 0.29) is 0 Å². The van der Waals surface area contributed by atoms with Crippen molar-refractivity contribution in [2.45, 2.75) is 25.7 Å². The zero-order valence-corrected chi connectivity index (χ0v) is 11.0. The van der Waals surface area contributed by atoms with Crippen LogP contribution in [0.5, 0.6) is 0 Å². The summed E-state index contributed by atoms with van der Waals surface area (Å²) in [5, 5.41) is 1.84. The summed E-state index contributed by atoms with van der Waals surface area (Å²) in [5.74, 6) is 0.624. The van der Waals surface area contributed by atoms with Crippen molar-refractivity contribution in [3.63, 3.8) is 0 Å². The van der Waals surface area contributed by atoms with Gasteiger partial charge in [0.05, 0.1) is 5.52 Å². The molecule has 0 saturated carbocycles. The van der Waals surface area contributed by atoms with Gasteiger partial charge in [0.1, 0.15) is 5.15 Å². The molecule has 1 heterocycles. The van der Waals surface area contributed by atoms with Gasteiger partial charge in [-0.05, 0) is 49.3 Å². The van der Waals surface area contributed by atoms with Crippen LogP contribution in [0.3, 0.4) is 0 Å². The van der Waals surface area contributed by atoms with Crippen molar-refractivity contribution >= 4 is 22.5 Å². The van der Waals surface area contributed by atoms with Crippen LogP contribution in [0.1, 0.15) is 24.8 Å². The molecule has 2 aromatic rings. The van der Waals surface area contributed by atoms with Crippen LogP contribution < -0.4 is 0 Å². The topological polar surface area (TPSA) is 12.9 Å². The molecule has 0 spiro atoms. The molecule has 0 N–H and O–H groups in total. The molecule has 3 rings (SSSR count). The molecule has 1 nitrogen and oxygen atoms in total. The molecule has 1 atom stereocenters. The minimum atomic E-state index is 0.624. The Bertz CT molecular complexity index is 589. The predicted molar refractivity (Wildman–Crippen MR) is 76.9 cm³/mol. The van der Waals surface area contributed by atoms with Gasteiger partial charge in [-0.3, -0.25) is 0 Å². The van der Waals surface area contributed by atoms with Crippen LogP contribution in [-0.4, -0.2) is 4.98 Å². The van der Waals surface area contributed by atoms with Crippen LogP contribution in [-0.2, 0) is 6.42 Å². The van der Waals surface area contributed by atoms with E-state index in [1.165, 1.54) is 30.2 Å². The second-order valence-corrected chi connectivity index (χ2v) is 5.31. The number of nitrogens with zero attached hydrogens (tertiary/aromatic N) is 1. The van der Waals surface area contributed by atoms with E-state index >= 15 is 0 Å². The quantitative estimate of drug-likeness (QED) is 0.557. The van der Waals surface area contributed by atoms with Crippen LogP contribution in [0.2, 0.25) is 5.15 Å². The van der Waals surface area contributed by atoms with Crippen LogP contribution in [0.25, 0.3) is 10.9 Å². The zero-order chi connectivity index (χ0) is 12.4. The Kier molecular flexibility index (Phi) is 3.33. The molecular weight excluding hydrogens is 242 g/mol. The lowest BCUT2D eigenvalue weighted by atomic mass is 9.90. The molecule has 0 fully saturated rings. The highest BCUT2D eigenvalue weighted by atomic mass is 35.5. The van der Waals surface area contributed by atoms with Gasteiger partial charge in [-0.15, -0.1) is 0 Å². The van der Waals surface area contributed by atoms with Gasteiger partial charge in [-0.25, -0.2) is 4.98 Å². The molecule has 0 bridgehead atoms. The smallest absolute Gasteiger partial charge is 0.132 e. The van der Waals surface area contributed by atoms with Crippen molar-refractivity contribution in [2.75, 3.05) is 0 Å². The van der Waals surface area contributed by atoms with Gasteiger partial charge >= 0.3 is 0 Å². The molecule has 0 saturated heterocycles. The monoisotopic (exact) mass is 257 g/mol. The van der Waals surface area contributed by atoms with Crippen LogP contribution in [0, 0.1) is 5.92 Å². The fraction of sp³-hybridized carbons (Fsp3) is 0.312. The fourth-order valence-electron chi connectivity index (χ4n) is 2.61. The summed E-state index contributed by atoms with van der Waals surface area (Å²) in [7, 11) is 0. The standard InChI is InChI=1S/C16H16ClN/c17-16-14(10-12-6-2-1-3-7-12)11-13-8-4-5-9-15(13)18-16/h2,4-6,8-9,11-12H,1,3,7,10H2. The second-order valence-electron chi connectivity index (χ2n) is 4.95. The summed E-state index contributed by atoms with van der Waals surface area (Å²) in [4.78, 5) is 4.48. The molecule has 92 valence electrons. The Balaban J connectivity index is 1.93. The maximum atomic E-state index is 6.29. The van der Waals surface area contributed by atoms with E-state index in [1.807, 2.05) is 18.2 Å². The SMILES string of the molecule is Clc1nc2ccccc2cc1CC1C=CCCC1. The lowest BCUT2D eigenvalue weighted by Gasteiger charge is -2.17. The Labute approximate surface area is 112 Å². The van der Waals surface area contributed by atoms with Crippen molar-refractivity contribution in [3.8, 4) is 0 Å². The molecule has 18 heavy (non-hydrogen) atoms. The zero-order valence-electron chi connectivity index (χ0n) is 10.3. The third-order valence-corrected chi connectivity index (χ3v) is 3.91. The minimum Gasteiger partial charge on any atom is -0.236 e. The normalized spacial score (nSPS) is 19.3. The Hall–Kier alpha value is -1.34. The predicted octanol–water partition coefficient (Wildman–Crippen LogP) is 4.79. The highest BCUT2D eigenvalue weighted by molar-refractivity contribution is 6.30. The van der Waals surface area contributed by atoms with Crippen molar-refractivity contribution in [1.82, 2.24) is 4.98 Å². The highest BCUT2D eigenvalue weighted by Gasteiger charge is 2.12. The number of para-hydroxylation sites is 1. The van der Waals surface area contributed by atoms with Gasteiger partial charge in [-0.1, -0.05) is 42.0 Å². The first kappa shape index (κ1) is 11.7. The summed E-state index contributed by atoms with van der Waals surface area (Å²) in [6.45, 7) is 0. The molecule has 0 aliphatic heterocycles. The number of aromatic nitrogens is 1. The number of benzene rings is 1. The number of rotatable bonds is 2. The molecule has 0 amide bonds. The average Bonchev–Trinajstić information content (AvgIpc) is 2.41. The first-order valence-corrected chi connectivity index (χ1v) is 6.91. The van der Waals surface area contributed by atoms with Gasteiger partial charge in [0, 0.05) is 5.39 Å². The maximum Gasteiger partial charge on any atom is 0.132 e. The van der Waals surface area contributed by atoms with E-state index in [2.05, 4.69) is 29.3 Å². The van der Waals surface area contributed by atoms with E-state index < -0.39 is 0 Å². The van der Waals surface area contributed by atoms with E-state index in [0.29, 0.717) is 11.1 Å². The lowest BCUT2D eigenvalue weighted by Crippen LogP contribution is -2.05. The number of allylic oxidation sites excluding steroid dienone is 2. The molecular formula is C16H16ClN. The molecule has 0 radical (unpaired) electrons. The van der Waals surface area contributed by atoms with Gasteiger partial charge < -0.3 is 0 Å². The number of pyridine rings is 1. The van der Waals surface area contributed by atoms with Gasteiger partial charge in [-0.2, -0.15) is 0 Å². The van der Waals surface area contributed by atoms with Crippen molar-refractivity contribution in [1.29, 1.82) is 0 Å². The van der Waals surface area contributed by atoms with E-state index in [9.17, 15) is 0 Å². The largest absolute Gasteiger partial charge is 0.236 e. The fourth-order valence-corrected chi connectivity index (χ4v) is 2.84. The molecule has 1 aliphatic carbocycles. The molecule has 1 aliphatic rings. The third-order valence-electron chi connectivity index (χ3n) is 3.59. The summed E-state index contributed by atoms with van der Waals surface area (Å²) >= 11 is 6.29. The molecule has 1 aromatic carbocycles. The number of hydrogen-bond acceptors (Lipinski definition) is 1. The summed E-state index contributed by atoms with van der Waals surface area (Å²) in [6, 6.07) is 10.3. The summed E-state index contributed by atoms with van der Waals surface area (Å²) < 4.78 is 0. The van der Waals surface area contributed by atoms with E-state index in [1.54, 1.807) is 0 Å². The average molecular weight is 258 g/mol. The summed E-state index contributed by atoms with van der Waals surface area (Å²) in [5.41, 5.74) is 2.15. The van der Waals surface area contributed by atoms with Crippen LogP contribution in [0.15, 0.2) is 42.5 Å². The maximum absolute atomic E-state index is 6.29. The van der Waals surface area contributed by atoms with E-state index in [4.69, 9.17) is 11.6 Å². The molecule has 1 unspecified atom stereocenters. The van der Waals surface area contributed by atoms with Crippen LogP contribution >= 0.6 is 11.6 Å². The highest BCUT2D eigenvalue weighted by Crippen LogP contribution is 2.26. The van der Waals surface area contributed by atoms with Crippen molar-refractivity contribution < 1.29 is 0 Å². The number of fused-ring (bicyclic) bond motifs is 1. The molecule has 1 aromatic heterocycles. The Morgan fingerprint density at radius 2 is 2.17 bits per heavy atom. The number of hydrogen-bond donors (Lipinski definition) is 0. The first-order valence-electron chi connectivity index (χ1n) is 6.54. The Morgan fingerprint density at radius 1 is 1.28 bits per heavy atom. The second kappa shape index (κ2) is 5.11. The first-order chi connectivity index (χ1) is 8.83. The number of halogens is 1. The molecule has 2 heteroatoms. The van der Waals surface area contributed by atoms with Crippen molar-refractivity contribution in [2.24, 2.45) is 5.92 Å². The van der Waals surface area contributed by atoms with Gasteiger partial charge in [0.2, 0.25) is 0 Å². The van der Waals surface area contributed by atoms with Crippen LogP contribution in [0.4, 0.5) is 0 Å². The minimum absolute atomic E-state index is 0.624. The Morgan fingerprint density at radius 3 is 3.00 bits per heavy atom. The third kappa shape index (κ3) is 2.41. The lowest BCUT2D eigenvalue weighted by molar-refractivity contribution is 0.538. The van der Waals surface area contributed by atoms with Gasteiger partial charge in [0.25, 0.3) is 0 Å². The van der Waals surface area contributed by atoms with Gasteiger partial charge in [0.15, 0.2) is 0 Å².